The summed E-state index contributed by atoms with van der Waals surface area (Å²) in [6.07, 6.45) is 4.90. The van der Waals surface area contributed by atoms with E-state index in [9.17, 15) is 5.11 Å². The number of aromatic nitrogens is 1. The number of benzene rings is 2. The first-order chi connectivity index (χ1) is 10.3. The summed E-state index contributed by atoms with van der Waals surface area (Å²) in [6.45, 7) is 0.878. The van der Waals surface area contributed by atoms with Crippen LogP contribution in [0.5, 0.6) is 0 Å². The Morgan fingerprint density at radius 2 is 1.90 bits per heavy atom. The second-order valence-electron chi connectivity index (χ2n) is 5.89. The maximum atomic E-state index is 10.1. The van der Waals surface area contributed by atoms with Crippen molar-refractivity contribution < 1.29 is 5.11 Å². The van der Waals surface area contributed by atoms with E-state index in [1.807, 2.05) is 0 Å². The van der Waals surface area contributed by atoms with Crippen molar-refractivity contribution in [2.45, 2.75) is 31.9 Å². The van der Waals surface area contributed by atoms with Gasteiger partial charge in [-0.05, 0) is 41.7 Å². The summed E-state index contributed by atoms with van der Waals surface area (Å²) in [5.74, 6) is 0. The molecule has 1 atom stereocenters. The zero-order chi connectivity index (χ0) is 14.2. The Morgan fingerprint density at radius 1 is 1.05 bits per heavy atom. The molecule has 0 fully saturated rings. The van der Waals surface area contributed by atoms with Crippen molar-refractivity contribution in [1.29, 1.82) is 0 Å². The first-order valence-corrected chi connectivity index (χ1v) is 7.65. The maximum absolute atomic E-state index is 10.1. The SMILES string of the molecule is OC1CCCc2c1ccn2Cc1cccc2ccccc12. The average molecular weight is 277 g/mol. The van der Waals surface area contributed by atoms with Gasteiger partial charge >= 0.3 is 0 Å². The highest BCUT2D eigenvalue weighted by Gasteiger charge is 2.21. The van der Waals surface area contributed by atoms with Crippen LogP contribution in [0, 0.1) is 0 Å². The van der Waals surface area contributed by atoms with E-state index < -0.39 is 0 Å². The maximum Gasteiger partial charge on any atom is 0.0807 e. The van der Waals surface area contributed by atoms with E-state index in [2.05, 4.69) is 59.3 Å². The van der Waals surface area contributed by atoms with Gasteiger partial charge in [0, 0.05) is 24.0 Å². The average Bonchev–Trinajstić information content (AvgIpc) is 2.92. The van der Waals surface area contributed by atoms with Gasteiger partial charge in [-0.15, -0.1) is 0 Å². The lowest BCUT2D eigenvalue weighted by molar-refractivity contribution is 0.156. The quantitative estimate of drug-likeness (QED) is 0.751. The highest BCUT2D eigenvalue weighted by molar-refractivity contribution is 5.85. The van der Waals surface area contributed by atoms with Crippen LogP contribution in [0.15, 0.2) is 54.7 Å². The normalized spacial score (nSPS) is 17.9. The number of hydrogen-bond donors (Lipinski definition) is 1. The van der Waals surface area contributed by atoms with Crippen molar-refractivity contribution >= 4 is 10.8 Å². The van der Waals surface area contributed by atoms with Crippen molar-refractivity contribution in [2.24, 2.45) is 0 Å². The first kappa shape index (κ1) is 12.7. The van der Waals surface area contributed by atoms with Gasteiger partial charge in [0.2, 0.25) is 0 Å². The number of aliphatic hydroxyl groups excluding tert-OH is 1. The first-order valence-electron chi connectivity index (χ1n) is 7.65. The summed E-state index contributed by atoms with van der Waals surface area (Å²) in [7, 11) is 0. The molecule has 0 amide bonds. The highest BCUT2D eigenvalue weighted by atomic mass is 16.3. The molecule has 1 aliphatic rings. The lowest BCUT2D eigenvalue weighted by Gasteiger charge is -2.20. The molecular formula is C19H19NO. The van der Waals surface area contributed by atoms with Crippen LogP contribution in [-0.2, 0) is 13.0 Å². The van der Waals surface area contributed by atoms with Gasteiger partial charge in [-0.3, -0.25) is 0 Å². The van der Waals surface area contributed by atoms with Crippen molar-refractivity contribution in [3.63, 3.8) is 0 Å². The topological polar surface area (TPSA) is 25.2 Å². The van der Waals surface area contributed by atoms with Gasteiger partial charge in [0.05, 0.1) is 6.10 Å². The van der Waals surface area contributed by atoms with E-state index in [0.717, 1.165) is 31.4 Å². The fraction of sp³-hybridized carbons (Fsp3) is 0.263. The van der Waals surface area contributed by atoms with Crippen LogP contribution in [0.4, 0.5) is 0 Å². The molecule has 21 heavy (non-hydrogen) atoms. The molecular weight excluding hydrogens is 258 g/mol. The zero-order valence-electron chi connectivity index (χ0n) is 12.0. The molecule has 1 N–H and O–H groups in total. The van der Waals surface area contributed by atoms with Gasteiger partial charge in [0.15, 0.2) is 0 Å². The van der Waals surface area contributed by atoms with Crippen LogP contribution < -0.4 is 0 Å². The molecule has 0 spiro atoms. The minimum Gasteiger partial charge on any atom is -0.388 e. The van der Waals surface area contributed by atoms with E-state index in [1.54, 1.807) is 0 Å². The van der Waals surface area contributed by atoms with E-state index >= 15 is 0 Å². The van der Waals surface area contributed by atoms with Gasteiger partial charge in [-0.2, -0.15) is 0 Å². The Hall–Kier alpha value is -2.06. The van der Waals surface area contributed by atoms with Crippen LogP contribution in [0.25, 0.3) is 10.8 Å². The van der Waals surface area contributed by atoms with Gasteiger partial charge in [-0.25, -0.2) is 0 Å². The number of rotatable bonds is 2. The van der Waals surface area contributed by atoms with E-state index in [-0.39, 0.29) is 6.10 Å². The molecule has 1 aliphatic carbocycles. The third-order valence-corrected chi connectivity index (χ3v) is 4.58. The largest absolute Gasteiger partial charge is 0.388 e. The van der Waals surface area contributed by atoms with Crippen molar-refractivity contribution in [2.75, 3.05) is 0 Å². The van der Waals surface area contributed by atoms with E-state index in [0.29, 0.717) is 0 Å². The number of fused-ring (bicyclic) bond motifs is 2. The van der Waals surface area contributed by atoms with Gasteiger partial charge < -0.3 is 9.67 Å². The van der Waals surface area contributed by atoms with Gasteiger partial charge in [0.25, 0.3) is 0 Å². The number of aliphatic hydroxyl groups is 1. The predicted octanol–water partition coefficient (Wildman–Crippen LogP) is 4.06. The third-order valence-electron chi connectivity index (χ3n) is 4.58. The minimum absolute atomic E-state index is 0.275. The van der Waals surface area contributed by atoms with Crippen LogP contribution in [-0.4, -0.2) is 9.67 Å². The van der Waals surface area contributed by atoms with Gasteiger partial charge in [-0.1, -0.05) is 42.5 Å². The Morgan fingerprint density at radius 3 is 2.86 bits per heavy atom. The Labute approximate surface area is 124 Å². The standard InChI is InChI=1S/C19H19NO/c21-19-10-4-9-18-17(19)11-12-20(18)13-15-7-3-6-14-5-1-2-8-16(14)15/h1-3,5-8,11-12,19,21H,4,9-10,13H2. The molecule has 0 bridgehead atoms. The van der Waals surface area contributed by atoms with Gasteiger partial charge in [0.1, 0.15) is 0 Å². The van der Waals surface area contributed by atoms with E-state index in [4.69, 9.17) is 0 Å². The summed E-state index contributed by atoms with van der Waals surface area (Å²) in [4.78, 5) is 0. The molecule has 3 aromatic rings. The summed E-state index contributed by atoms with van der Waals surface area (Å²) < 4.78 is 2.31. The molecule has 2 heteroatoms. The highest BCUT2D eigenvalue weighted by Crippen LogP contribution is 2.31. The molecule has 0 aliphatic heterocycles. The molecule has 0 radical (unpaired) electrons. The molecule has 1 unspecified atom stereocenters. The zero-order valence-corrected chi connectivity index (χ0v) is 12.0. The van der Waals surface area contributed by atoms with Crippen LogP contribution >= 0.6 is 0 Å². The second-order valence-corrected chi connectivity index (χ2v) is 5.89. The Balaban J connectivity index is 1.76. The summed E-state index contributed by atoms with van der Waals surface area (Å²) in [5, 5.41) is 12.7. The Bertz CT molecular complexity index is 782. The second kappa shape index (κ2) is 5.05. The predicted molar refractivity (Wildman–Crippen MR) is 85.4 cm³/mol. The number of nitrogens with zero attached hydrogens (tertiary/aromatic N) is 1. The molecule has 106 valence electrons. The molecule has 1 heterocycles. The lowest BCUT2D eigenvalue weighted by atomic mass is 9.95. The van der Waals surface area contributed by atoms with Crippen LogP contribution in [0.3, 0.4) is 0 Å². The van der Waals surface area contributed by atoms with Crippen LogP contribution in [0.2, 0.25) is 0 Å². The molecule has 2 aromatic carbocycles. The molecule has 2 nitrogen and oxygen atoms in total. The summed E-state index contributed by atoms with van der Waals surface area (Å²) in [5.41, 5.74) is 3.77. The van der Waals surface area contributed by atoms with Crippen molar-refractivity contribution in [3.8, 4) is 0 Å². The molecule has 1 aromatic heterocycles. The fourth-order valence-electron chi connectivity index (χ4n) is 3.49. The monoisotopic (exact) mass is 277 g/mol. The Kier molecular flexibility index (Phi) is 3.04. The molecule has 0 saturated carbocycles. The molecule has 4 rings (SSSR count). The number of hydrogen-bond acceptors (Lipinski definition) is 1. The summed E-state index contributed by atoms with van der Waals surface area (Å²) >= 11 is 0. The minimum atomic E-state index is -0.275. The third kappa shape index (κ3) is 2.16. The van der Waals surface area contributed by atoms with E-state index in [1.165, 1.54) is 22.0 Å². The van der Waals surface area contributed by atoms with Crippen molar-refractivity contribution in [3.05, 3.63) is 71.5 Å². The summed E-state index contributed by atoms with van der Waals surface area (Å²) in [6, 6.07) is 17.1. The van der Waals surface area contributed by atoms with Crippen LogP contribution in [0.1, 0.15) is 35.8 Å². The lowest BCUT2D eigenvalue weighted by Crippen LogP contribution is -2.12. The fourth-order valence-corrected chi connectivity index (χ4v) is 3.49. The van der Waals surface area contributed by atoms with Crippen molar-refractivity contribution in [1.82, 2.24) is 4.57 Å². The smallest absolute Gasteiger partial charge is 0.0807 e. The molecule has 0 saturated heterocycles.